The molecule has 1 N–H and O–H groups in total. The van der Waals surface area contributed by atoms with Gasteiger partial charge in [-0.25, -0.2) is 4.68 Å². The van der Waals surface area contributed by atoms with Gasteiger partial charge in [0, 0.05) is 22.3 Å². The molecule has 0 bridgehead atoms. The quantitative estimate of drug-likeness (QED) is 0.796. The number of aryl methyl sites for hydroxylation is 1. The maximum absolute atomic E-state index is 10.5. The van der Waals surface area contributed by atoms with E-state index in [0.717, 1.165) is 11.3 Å². The average Bonchev–Trinajstić information content (AvgIpc) is 3.00. The van der Waals surface area contributed by atoms with E-state index in [1.165, 1.54) is 0 Å². The molecule has 0 amide bonds. The molecular weight excluding hydrogens is 284 g/mol. The van der Waals surface area contributed by atoms with Crippen molar-refractivity contribution in [3.05, 3.63) is 82.6 Å². The maximum atomic E-state index is 10.5. The molecule has 106 valence electrons. The van der Waals surface area contributed by atoms with Crippen LogP contribution in [-0.4, -0.2) is 14.9 Å². The van der Waals surface area contributed by atoms with Crippen molar-refractivity contribution in [2.75, 3.05) is 0 Å². The highest BCUT2D eigenvalue weighted by molar-refractivity contribution is 6.32. The highest BCUT2D eigenvalue weighted by Gasteiger charge is 2.16. The Hall–Kier alpha value is -2.10. The van der Waals surface area contributed by atoms with Gasteiger partial charge in [-0.3, -0.25) is 0 Å². The molecular formula is C17H15ClN2O. The van der Waals surface area contributed by atoms with Gasteiger partial charge in [0.1, 0.15) is 6.10 Å². The minimum absolute atomic E-state index is 0.595. The fourth-order valence-electron chi connectivity index (χ4n) is 2.26. The molecule has 0 saturated heterocycles. The lowest BCUT2D eigenvalue weighted by molar-refractivity contribution is 0.220. The van der Waals surface area contributed by atoms with Crippen LogP contribution in [0.2, 0.25) is 5.02 Å². The van der Waals surface area contributed by atoms with E-state index >= 15 is 0 Å². The zero-order valence-corrected chi connectivity index (χ0v) is 12.3. The van der Waals surface area contributed by atoms with Crippen molar-refractivity contribution >= 4 is 11.6 Å². The lowest BCUT2D eigenvalue weighted by atomic mass is 10.0. The highest BCUT2D eigenvalue weighted by atomic mass is 35.5. The number of para-hydroxylation sites is 1. The Morgan fingerprint density at radius 1 is 1.10 bits per heavy atom. The standard InChI is InChI=1S/C17H15ClN2O/c1-12-6-5-9-15(16(12)18)17(21)13-10-19-20(11-13)14-7-3-2-4-8-14/h2-11,17,21H,1H3. The van der Waals surface area contributed by atoms with Crippen molar-refractivity contribution in [1.29, 1.82) is 0 Å². The van der Waals surface area contributed by atoms with Crippen LogP contribution in [0, 0.1) is 6.92 Å². The molecule has 0 aliphatic heterocycles. The Morgan fingerprint density at radius 2 is 1.86 bits per heavy atom. The van der Waals surface area contributed by atoms with Gasteiger partial charge in [-0.2, -0.15) is 5.10 Å². The summed E-state index contributed by atoms with van der Waals surface area (Å²) < 4.78 is 1.74. The van der Waals surface area contributed by atoms with Gasteiger partial charge in [-0.05, 0) is 24.6 Å². The van der Waals surface area contributed by atoms with Gasteiger partial charge in [0.05, 0.1) is 11.9 Å². The lowest BCUT2D eigenvalue weighted by Crippen LogP contribution is -2.00. The minimum atomic E-state index is -0.783. The number of hydrogen-bond acceptors (Lipinski definition) is 2. The van der Waals surface area contributed by atoms with Gasteiger partial charge >= 0.3 is 0 Å². The summed E-state index contributed by atoms with van der Waals surface area (Å²) in [6, 6.07) is 15.4. The molecule has 0 spiro atoms. The second kappa shape index (κ2) is 5.72. The van der Waals surface area contributed by atoms with Crippen molar-refractivity contribution in [2.24, 2.45) is 0 Å². The Balaban J connectivity index is 1.95. The molecule has 1 atom stereocenters. The summed E-state index contributed by atoms with van der Waals surface area (Å²) in [6.45, 7) is 1.92. The van der Waals surface area contributed by atoms with Gasteiger partial charge < -0.3 is 5.11 Å². The van der Waals surface area contributed by atoms with Crippen molar-refractivity contribution in [2.45, 2.75) is 13.0 Å². The van der Waals surface area contributed by atoms with Crippen LogP contribution >= 0.6 is 11.6 Å². The first kappa shape index (κ1) is 13.9. The predicted molar refractivity (Wildman–Crippen MR) is 83.8 cm³/mol. The Kier molecular flexibility index (Phi) is 3.78. The number of aromatic nitrogens is 2. The van der Waals surface area contributed by atoms with E-state index in [1.54, 1.807) is 10.9 Å². The van der Waals surface area contributed by atoms with Crippen LogP contribution in [0.15, 0.2) is 60.9 Å². The van der Waals surface area contributed by atoms with E-state index in [1.807, 2.05) is 61.7 Å². The summed E-state index contributed by atoms with van der Waals surface area (Å²) in [5, 5.41) is 15.4. The Bertz CT molecular complexity index is 752. The zero-order valence-electron chi connectivity index (χ0n) is 11.6. The SMILES string of the molecule is Cc1cccc(C(O)c2cnn(-c3ccccc3)c2)c1Cl. The monoisotopic (exact) mass is 298 g/mol. The molecule has 0 fully saturated rings. The second-order valence-electron chi connectivity index (χ2n) is 4.93. The second-order valence-corrected chi connectivity index (χ2v) is 5.31. The molecule has 3 nitrogen and oxygen atoms in total. The van der Waals surface area contributed by atoms with E-state index in [0.29, 0.717) is 16.1 Å². The van der Waals surface area contributed by atoms with E-state index in [4.69, 9.17) is 11.6 Å². The molecule has 21 heavy (non-hydrogen) atoms. The van der Waals surface area contributed by atoms with Crippen molar-refractivity contribution in [3.8, 4) is 5.69 Å². The molecule has 0 aliphatic rings. The first-order valence-electron chi connectivity index (χ1n) is 6.70. The number of nitrogens with zero attached hydrogens (tertiary/aromatic N) is 2. The summed E-state index contributed by atoms with van der Waals surface area (Å²) in [5.74, 6) is 0. The van der Waals surface area contributed by atoms with E-state index in [2.05, 4.69) is 5.10 Å². The fourth-order valence-corrected chi connectivity index (χ4v) is 2.49. The highest BCUT2D eigenvalue weighted by Crippen LogP contribution is 2.30. The van der Waals surface area contributed by atoms with Gasteiger partial charge in [-0.15, -0.1) is 0 Å². The van der Waals surface area contributed by atoms with Crippen LogP contribution in [0.3, 0.4) is 0 Å². The van der Waals surface area contributed by atoms with Crippen molar-refractivity contribution in [3.63, 3.8) is 0 Å². The summed E-state index contributed by atoms with van der Waals surface area (Å²) in [7, 11) is 0. The normalized spacial score (nSPS) is 12.3. The molecule has 3 aromatic rings. The van der Waals surface area contributed by atoms with E-state index in [9.17, 15) is 5.11 Å². The van der Waals surface area contributed by atoms with E-state index < -0.39 is 6.10 Å². The third-order valence-electron chi connectivity index (χ3n) is 3.46. The lowest BCUT2D eigenvalue weighted by Gasteiger charge is -2.12. The molecule has 1 aromatic heterocycles. The molecule has 2 aromatic carbocycles. The molecule has 0 aliphatic carbocycles. The van der Waals surface area contributed by atoms with Crippen LogP contribution in [-0.2, 0) is 0 Å². The smallest absolute Gasteiger partial charge is 0.109 e. The number of rotatable bonds is 3. The van der Waals surface area contributed by atoms with Crippen LogP contribution < -0.4 is 0 Å². The van der Waals surface area contributed by atoms with Crippen molar-refractivity contribution in [1.82, 2.24) is 9.78 Å². The summed E-state index contributed by atoms with van der Waals surface area (Å²) in [4.78, 5) is 0. The molecule has 0 saturated carbocycles. The molecule has 1 unspecified atom stereocenters. The number of halogens is 1. The van der Waals surface area contributed by atoms with Crippen molar-refractivity contribution < 1.29 is 5.11 Å². The molecule has 0 radical (unpaired) electrons. The van der Waals surface area contributed by atoms with Crippen LogP contribution in [0.1, 0.15) is 22.8 Å². The van der Waals surface area contributed by atoms with Crippen LogP contribution in [0.25, 0.3) is 5.69 Å². The Morgan fingerprint density at radius 3 is 2.62 bits per heavy atom. The van der Waals surface area contributed by atoms with Crippen LogP contribution in [0.4, 0.5) is 0 Å². The first-order valence-corrected chi connectivity index (χ1v) is 7.07. The number of aliphatic hydroxyl groups is 1. The third-order valence-corrected chi connectivity index (χ3v) is 3.97. The number of hydrogen-bond donors (Lipinski definition) is 1. The molecule has 4 heteroatoms. The molecule has 1 heterocycles. The Labute approximate surface area is 128 Å². The van der Waals surface area contributed by atoms with E-state index in [-0.39, 0.29) is 0 Å². The summed E-state index contributed by atoms with van der Waals surface area (Å²) >= 11 is 6.27. The molecule has 3 rings (SSSR count). The largest absolute Gasteiger partial charge is 0.383 e. The van der Waals surface area contributed by atoms with Gasteiger partial charge in [0.15, 0.2) is 0 Å². The van der Waals surface area contributed by atoms with Gasteiger partial charge in [0.25, 0.3) is 0 Å². The van der Waals surface area contributed by atoms with Gasteiger partial charge in [-0.1, -0.05) is 48.0 Å². The fraction of sp³-hybridized carbons (Fsp3) is 0.118. The van der Waals surface area contributed by atoms with Crippen LogP contribution in [0.5, 0.6) is 0 Å². The third kappa shape index (κ3) is 2.71. The maximum Gasteiger partial charge on any atom is 0.109 e. The minimum Gasteiger partial charge on any atom is -0.383 e. The first-order chi connectivity index (χ1) is 10.2. The topological polar surface area (TPSA) is 38.1 Å². The average molecular weight is 299 g/mol. The summed E-state index contributed by atoms with van der Waals surface area (Å²) in [5.41, 5.74) is 3.31. The number of aliphatic hydroxyl groups excluding tert-OH is 1. The number of benzene rings is 2. The zero-order chi connectivity index (χ0) is 14.8. The predicted octanol–water partition coefficient (Wildman–Crippen LogP) is 3.92. The van der Waals surface area contributed by atoms with Gasteiger partial charge in [0.2, 0.25) is 0 Å². The summed E-state index contributed by atoms with van der Waals surface area (Å²) in [6.07, 6.45) is 2.70.